The number of benzene rings is 1. The van der Waals surface area contributed by atoms with Crippen molar-refractivity contribution in [3.05, 3.63) is 28.8 Å². The van der Waals surface area contributed by atoms with E-state index in [4.69, 9.17) is 16.3 Å². The van der Waals surface area contributed by atoms with E-state index >= 15 is 0 Å². The number of piperidine rings is 1. The summed E-state index contributed by atoms with van der Waals surface area (Å²) in [6.07, 6.45) is 3.97. The number of ether oxygens (including phenoxy) is 1. The van der Waals surface area contributed by atoms with Crippen LogP contribution in [0.15, 0.2) is 18.2 Å². The number of rotatable bonds is 6. The first-order valence-electron chi connectivity index (χ1n) is 8.95. The Kier molecular flexibility index (Phi) is 5.67. The van der Waals surface area contributed by atoms with Gasteiger partial charge in [-0.05, 0) is 55.8 Å². The fourth-order valence-corrected chi connectivity index (χ4v) is 4.24. The van der Waals surface area contributed by atoms with Crippen LogP contribution in [0.25, 0.3) is 0 Å². The number of fused-ring (bicyclic) bond motifs is 1. The molecule has 3 rings (SSSR count). The summed E-state index contributed by atoms with van der Waals surface area (Å²) in [7, 11) is 2.17. The van der Waals surface area contributed by atoms with Crippen molar-refractivity contribution < 1.29 is 9.53 Å². The van der Waals surface area contributed by atoms with Gasteiger partial charge in [-0.2, -0.15) is 0 Å². The van der Waals surface area contributed by atoms with Gasteiger partial charge in [0.1, 0.15) is 5.75 Å². The molecule has 24 heavy (non-hydrogen) atoms. The zero-order valence-electron chi connectivity index (χ0n) is 14.6. The predicted octanol–water partition coefficient (Wildman–Crippen LogP) is 3.48. The molecule has 1 aliphatic carbocycles. The van der Waals surface area contributed by atoms with E-state index in [1.807, 2.05) is 12.1 Å². The van der Waals surface area contributed by atoms with Gasteiger partial charge in [0.15, 0.2) is 0 Å². The number of hydrogen-bond donors (Lipinski definition) is 1. The van der Waals surface area contributed by atoms with E-state index in [0.717, 1.165) is 31.7 Å². The Balaban J connectivity index is 1.58. The quantitative estimate of drug-likeness (QED) is 0.854. The molecule has 1 aromatic rings. The summed E-state index contributed by atoms with van der Waals surface area (Å²) in [6, 6.07) is 6.62. The van der Waals surface area contributed by atoms with Gasteiger partial charge in [-0.1, -0.05) is 24.6 Å². The van der Waals surface area contributed by atoms with Gasteiger partial charge in [-0.15, -0.1) is 0 Å². The van der Waals surface area contributed by atoms with E-state index < -0.39 is 0 Å². The molecule has 2 aliphatic rings. The molecule has 1 amide bonds. The van der Waals surface area contributed by atoms with E-state index in [-0.39, 0.29) is 5.91 Å². The number of carbonyl (C=O) groups is 1. The summed E-state index contributed by atoms with van der Waals surface area (Å²) in [5.74, 6) is 2.18. The number of halogens is 1. The Morgan fingerprint density at radius 3 is 2.88 bits per heavy atom. The molecular formula is C19H27ClN2O2. The molecule has 0 bridgehead atoms. The van der Waals surface area contributed by atoms with Gasteiger partial charge in [-0.3, -0.25) is 9.69 Å². The van der Waals surface area contributed by atoms with Gasteiger partial charge in [0.2, 0.25) is 5.91 Å². The Bertz CT molecular complexity index is 593. The van der Waals surface area contributed by atoms with Gasteiger partial charge in [0, 0.05) is 25.6 Å². The SMILES string of the molecule is CCCOc1ccc(CN(C)[C@H]2C[C@H]3CNC(=O)C[C@H]3C2)cc1Cl. The third-order valence-electron chi connectivity index (χ3n) is 5.34. The fraction of sp³-hybridized carbons (Fsp3) is 0.632. The first-order chi connectivity index (χ1) is 11.6. The van der Waals surface area contributed by atoms with Crippen LogP contribution in [-0.2, 0) is 11.3 Å². The Hall–Kier alpha value is -1.26. The van der Waals surface area contributed by atoms with Gasteiger partial charge in [0.25, 0.3) is 0 Å². The van der Waals surface area contributed by atoms with E-state index in [0.29, 0.717) is 35.9 Å². The van der Waals surface area contributed by atoms with Crippen LogP contribution in [0.2, 0.25) is 5.02 Å². The number of amides is 1. The molecule has 0 unspecified atom stereocenters. The second kappa shape index (κ2) is 7.75. The lowest BCUT2D eigenvalue weighted by atomic mass is 9.89. The average molecular weight is 351 g/mol. The van der Waals surface area contributed by atoms with Crippen molar-refractivity contribution in [1.82, 2.24) is 10.2 Å². The molecule has 0 spiro atoms. The highest BCUT2D eigenvalue weighted by molar-refractivity contribution is 6.32. The molecule has 1 saturated carbocycles. The van der Waals surface area contributed by atoms with Crippen LogP contribution in [0.5, 0.6) is 5.75 Å². The first-order valence-corrected chi connectivity index (χ1v) is 9.32. The maximum atomic E-state index is 11.6. The van der Waals surface area contributed by atoms with Crippen molar-refractivity contribution >= 4 is 17.5 Å². The third kappa shape index (κ3) is 4.04. The van der Waals surface area contributed by atoms with E-state index in [1.165, 1.54) is 12.0 Å². The number of nitrogens with zero attached hydrogens (tertiary/aromatic N) is 1. The first kappa shape index (κ1) is 17.6. The van der Waals surface area contributed by atoms with Crippen LogP contribution < -0.4 is 10.1 Å². The van der Waals surface area contributed by atoms with E-state index in [1.54, 1.807) is 0 Å². The van der Waals surface area contributed by atoms with Gasteiger partial charge < -0.3 is 10.1 Å². The largest absolute Gasteiger partial charge is 0.492 e. The summed E-state index contributed by atoms with van der Waals surface area (Å²) < 4.78 is 5.64. The normalized spacial score (nSPS) is 26.3. The molecule has 4 nitrogen and oxygen atoms in total. The maximum absolute atomic E-state index is 11.6. The van der Waals surface area contributed by atoms with Gasteiger partial charge in [0.05, 0.1) is 11.6 Å². The average Bonchev–Trinajstić information content (AvgIpc) is 2.97. The summed E-state index contributed by atoms with van der Waals surface area (Å²) in [5.41, 5.74) is 1.20. The molecule has 5 heteroatoms. The van der Waals surface area contributed by atoms with Crippen molar-refractivity contribution in [1.29, 1.82) is 0 Å². The molecule has 0 radical (unpaired) electrons. The van der Waals surface area contributed by atoms with Crippen LogP contribution in [-0.4, -0.2) is 37.0 Å². The van der Waals surface area contributed by atoms with Crippen LogP contribution in [0.1, 0.15) is 38.2 Å². The minimum absolute atomic E-state index is 0.217. The van der Waals surface area contributed by atoms with Crippen molar-refractivity contribution in [2.45, 2.75) is 45.2 Å². The molecule has 132 valence electrons. The van der Waals surface area contributed by atoms with Gasteiger partial charge in [-0.25, -0.2) is 0 Å². The van der Waals surface area contributed by atoms with Crippen LogP contribution in [0, 0.1) is 11.8 Å². The number of hydrogen-bond acceptors (Lipinski definition) is 3. The van der Waals surface area contributed by atoms with Crippen molar-refractivity contribution in [2.75, 3.05) is 20.2 Å². The minimum Gasteiger partial charge on any atom is -0.492 e. The van der Waals surface area contributed by atoms with Crippen molar-refractivity contribution in [3.8, 4) is 5.75 Å². The summed E-state index contributed by atoms with van der Waals surface area (Å²) in [6.45, 7) is 4.50. The molecule has 3 atom stereocenters. The lowest BCUT2D eigenvalue weighted by Gasteiger charge is -2.25. The Morgan fingerprint density at radius 1 is 1.33 bits per heavy atom. The zero-order valence-corrected chi connectivity index (χ0v) is 15.3. The molecule has 1 aliphatic heterocycles. The summed E-state index contributed by atoms with van der Waals surface area (Å²) >= 11 is 6.33. The molecule has 2 fully saturated rings. The lowest BCUT2D eigenvalue weighted by Crippen LogP contribution is -2.38. The van der Waals surface area contributed by atoms with Crippen LogP contribution >= 0.6 is 11.6 Å². The lowest BCUT2D eigenvalue weighted by molar-refractivity contribution is -0.124. The van der Waals surface area contributed by atoms with Crippen molar-refractivity contribution in [3.63, 3.8) is 0 Å². The number of carbonyl (C=O) groups excluding carboxylic acids is 1. The van der Waals surface area contributed by atoms with Crippen LogP contribution in [0.4, 0.5) is 0 Å². The summed E-state index contributed by atoms with van der Waals surface area (Å²) in [4.78, 5) is 14.0. The zero-order chi connectivity index (χ0) is 17.1. The topological polar surface area (TPSA) is 41.6 Å². The molecule has 1 N–H and O–H groups in total. The fourth-order valence-electron chi connectivity index (χ4n) is 3.98. The second-order valence-electron chi connectivity index (χ2n) is 7.18. The Labute approximate surface area is 149 Å². The van der Waals surface area contributed by atoms with Crippen molar-refractivity contribution in [2.24, 2.45) is 11.8 Å². The second-order valence-corrected chi connectivity index (χ2v) is 7.59. The Morgan fingerprint density at radius 2 is 2.12 bits per heavy atom. The van der Waals surface area contributed by atoms with Crippen LogP contribution in [0.3, 0.4) is 0 Å². The third-order valence-corrected chi connectivity index (χ3v) is 5.63. The highest BCUT2D eigenvalue weighted by Crippen LogP contribution is 2.38. The highest BCUT2D eigenvalue weighted by Gasteiger charge is 2.39. The molecule has 0 aromatic heterocycles. The van der Waals surface area contributed by atoms with Gasteiger partial charge >= 0.3 is 0 Å². The molecule has 1 aromatic carbocycles. The minimum atomic E-state index is 0.217. The molecular weight excluding hydrogens is 324 g/mol. The standard InChI is InChI=1S/C19H27ClN2O2/c1-3-6-24-18-5-4-13(7-17(18)20)12-22(2)16-8-14-10-19(23)21-11-15(14)9-16/h4-5,7,14-16H,3,6,8-12H2,1-2H3,(H,21,23)/t14-,15+,16-/m1/s1. The monoisotopic (exact) mass is 350 g/mol. The highest BCUT2D eigenvalue weighted by atomic mass is 35.5. The molecule has 1 heterocycles. The molecule has 1 saturated heterocycles. The maximum Gasteiger partial charge on any atom is 0.220 e. The number of nitrogens with one attached hydrogen (secondary N) is 1. The van der Waals surface area contributed by atoms with E-state index in [2.05, 4.69) is 30.3 Å². The summed E-state index contributed by atoms with van der Waals surface area (Å²) in [5, 5.41) is 3.69. The predicted molar refractivity (Wildman–Crippen MR) is 96.3 cm³/mol. The van der Waals surface area contributed by atoms with E-state index in [9.17, 15) is 4.79 Å². The smallest absolute Gasteiger partial charge is 0.220 e.